The second kappa shape index (κ2) is 5.71. The van der Waals surface area contributed by atoms with Crippen LogP contribution in [0.3, 0.4) is 0 Å². The quantitative estimate of drug-likeness (QED) is 0.813. The molecule has 5 heteroatoms. The van der Waals surface area contributed by atoms with Crippen LogP contribution in [0.15, 0.2) is 12.4 Å². The lowest BCUT2D eigenvalue weighted by Gasteiger charge is -2.37. The predicted molar refractivity (Wildman–Crippen MR) is 80.9 cm³/mol. The first-order valence-electron chi connectivity index (χ1n) is 8.32. The van der Waals surface area contributed by atoms with Gasteiger partial charge in [-0.1, -0.05) is 0 Å². The first-order valence-corrected chi connectivity index (χ1v) is 8.32. The topological polar surface area (TPSA) is 33.5 Å². The van der Waals surface area contributed by atoms with E-state index in [9.17, 15) is 0 Å². The summed E-state index contributed by atoms with van der Waals surface area (Å²) in [5.74, 6) is 0.879. The van der Waals surface area contributed by atoms with E-state index >= 15 is 0 Å². The van der Waals surface area contributed by atoms with Gasteiger partial charge >= 0.3 is 0 Å². The molecule has 1 aromatic rings. The first-order chi connectivity index (χ1) is 10.3. The summed E-state index contributed by atoms with van der Waals surface area (Å²) in [4.78, 5) is 5.21. The molecule has 0 bridgehead atoms. The number of hydrogen-bond acceptors (Lipinski definition) is 4. The molecular formula is C16H26N4O. The van der Waals surface area contributed by atoms with Crippen molar-refractivity contribution >= 4 is 0 Å². The maximum Gasteiger partial charge on any atom is 0.0717 e. The van der Waals surface area contributed by atoms with Crippen LogP contribution in [-0.4, -0.2) is 64.5 Å². The second-order valence-electron chi connectivity index (χ2n) is 7.04. The highest BCUT2D eigenvalue weighted by atomic mass is 16.5. The van der Waals surface area contributed by atoms with E-state index in [4.69, 9.17) is 4.74 Å². The van der Waals surface area contributed by atoms with Gasteiger partial charge in [-0.2, -0.15) is 5.10 Å². The normalized spacial score (nSPS) is 30.7. The van der Waals surface area contributed by atoms with Crippen LogP contribution in [0.4, 0.5) is 0 Å². The van der Waals surface area contributed by atoms with E-state index in [2.05, 4.69) is 21.1 Å². The number of hydrogen-bond donors (Lipinski definition) is 0. The van der Waals surface area contributed by atoms with Crippen molar-refractivity contribution in [2.45, 2.75) is 38.0 Å². The third-order valence-electron chi connectivity index (χ3n) is 5.09. The summed E-state index contributed by atoms with van der Waals surface area (Å²) < 4.78 is 7.99. The number of aryl methyl sites for hydroxylation is 1. The fraction of sp³-hybridized carbons (Fsp3) is 0.812. The van der Waals surface area contributed by atoms with Gasteiger partial charge in [-0.05, 0) is 25.2 Å². The maximum absolute atomic E-state index is 6.10. The van der Waals surface area contributed by atoms with Crippen LogP contribution in [0.5, 0.6) is 0 Å². The van der Waals surface area contributed by atoms with Crippen LogP contribution in [-0.2, 0) is 18.3 Å². The Balaban J connectivity index is 1.28. The number of fused-ring (bicyclic) bond motifs is 1. The molecule has 1 saturated carbocycles. The van der Waals surface area contributed by atoms with Crippen molar-refractivity contribution in [3.05, 3.63) is 18.0 Å². The third-order valence-corrected chi connectivity index (χ3v) is 5.09. The van der Waals surface area contributed by atoms with Crippen molar-refractivity contribution in [3.63, 3.8) is 0 Å². The summed E-state index contributed by atoms with van der Waals surface area (Å²) in [5, 5.41) is 4.27. The van der Waals surface area contributed by atoms with Gasteiger partial charge in [0, 0.05) is 64.2 Å². The van der Waals surface area contributed by atoms with Crippen molar-refractivity contribution in [2.75, 3.05) is 32.8 Å². The van der Waals surface area contributed by atoms with Gasteiger partial charge in [-0.25, -0.2) is 0 Å². The molecule has 4 rings (SSSR count). The monoisotopic (exact) mass is 290 g/mol. The maximum atomic E-state index is 6.10. The molecule has 0 spiro atoms. The minimum atomic E-state index is 0.481. The Bertz CT molecular complexity index is 484. The highest BCUT2D eigenvalue weighted by Gasteiger charge is 2.37. The summed E-state index contributed by atoms with van der Waals surface area (Å²) in [6.07, 6.45) is 8.59. The van der Waals surface area contributed by atoms with Gasteiger partial charge in [0.25, 0.3) is 0 Å². The lowest BCUT2D eigenvalue weighted by atomic mass is 10.1. The Morgan fingerprint density at radius 3 is 2.95 bits per heavy atom. The molecule has 1 aromatic heterocycles. The summed E-state index contributed by atoms with van der Waals surface area (Å²) in [5.41, 5.74) is 1.32. The molecule has 3 heterocycles. The van der Waals surface area contributed by atoms with Crippen molar-refractivity contribution in [1.29, 1.82) is 0 Å². The molecule has 0 radical (unpaired) electrons. The van der Waals surface area contributed by atoms with Crippen molar-refractivity contribution in [1.82, 2.24) is 19.6 Å². The van der Waals surface area contributed by atoms with E-state index in [0.29, 0.717) is 12.1 Å². The molecule has 2 atom stereocenters. The first kappa shape index (κ1) is 13.7. The van der Waals surface area contributed by atoms with Gasteiger partial charge in [-0.15, -0.1) is 0 Å². The van der Waals surface area contributed by atoms with Gasteiger partial charge in [0.05, 0.1) is 12.3 Å². The van der Waals surface area contributed by atoms with E-state index in [1.165, 1.54) is 44.5 Å². The zero-order chi connectivity index (χ0) is 14.2. The number of nitrogens with zero attached hydrogens (tertiary/aromatic N) is 4. The standard InChI is InChI=1S/C16H26N4O/c1-18-8-14(7-17-18)9-19-4-5-20-11-16(6-15(20)10-19)21-12-13-2-3-13/h7-8,13,15-16H,2-6,9-12H2,1H3/t15-,16+/m0/s1. The molecular weight excluding hydrogens is 264 g/mol. The van der Waals surface area contributed by atoms with Gasteiger partial charge in [0.1, 0.15) is 0 Å². The van der Waals surface area contributed by atoms with Crippen LogP contribution in [0.1, 0.15) is 24.8 Å². The van der Waals surface area contributed by atoms with Crippen molar-refractivity contribution in [3.8, 4) is 0 Å². The Morgan fingerprint density at radius 1 is 1.29 bits per heavy atom. The number of ether oxygens (including phenoxy) is 1. The van der Waals surface area contributed by atoms with Crippen molar-refractivity contribution < 1.29 is 4.74 Å². The van der Waals surface area contributed by atoms with E-state index in [0.717, 1.165) is 25.6 Å². The Morgan fingerprint density at radius 2 is 2.19 bits per heavy atom. The van der Waals surface area contributed by atoms with Crippen molar-refractivity contribution in [2.24, 2.45) is 13.0 Å². The molecule has 5 nitrogen and oxygen atoms in total. The second-order valence-corrected chi connectivity index (χ2v) is 7.04. The molecule has 2 aliphatic heterocycles. The van der Waals surface area contributed by atoms with Gasteiger partial charge in [0.2, 0.25) is 0 Å². The molecule has 21 heavy (non-hydrogen) atoms. The SMILES string of the molecule is Cn1cc(CN2CCN3C[C@H](OCC4CC4)C[C@H]3C2)cn1. The smallest absolute Gasteiger partial charge is 0.0717 e. The highest BCUT2D eigenvalue weighted by Crippen LogP contribution is 2.31. The van der Waals surface area contributed by atoms with Crippen LogP contribution in [0.25, 0.3) is 0 Å². The van der Waals surface area contributed by atoms with Gasteiger partial charge in [-0.3, -0.25) is 14.5 Å². The molecule has 0 aromatic carbocycles. The van der Waals surface area contributed by atoms with Crippen LogP contribution in [0, 0.1) is 5.92 Å². The predicted octanol–water partition coefficient (Wildman–Crippen LogP) is 1.11. The van der Waals surface area contributed by atoms with Gasteiger partial charge < -0.3 is 4.74 Å². The largest absolute Gasteiger partial charge is 0.377 e. The van der Waals surface area contributed by atoms with E-state index in [-0.39, 0.29) is 0 Å². The lowest BCUT2D eigenvalue weighted by molar-refractivity contribution is 0.0508. The lowest BCUT2D eigenvalue weighted by Crippen LogP contribution is -2.49. The fourth-order valence-corrected chi connectivity index (χ4v) is 3.69. The zero-order valence-corrected chi connectivity index (χ0v) is 12.9. The highest BCUT2D eigenvalue weighted by molar-refractivity contribution is 5.04. The average molecular weight is 290 g/mol. The molecule has 0 unspecified atom stereocenters. The minimum absolute atomic E-state index is 0.481. The van der Waals surface area contributed by atoms with Crippen LogP contribution >= 0.6 is 0 Å². The van der Waals surface area contributed by atoms with Crippen LogP contribution < -0.4 is 0 Å². The number of piperazine rings is 1. The number of aromatic nitrogens is 2. The van der Waals surface area contributed by atoms with E-state index in [1.54, 1.807) is 0 Å². The van der Waals surface area contributed by atoms with Crippen LogP contribution in [0.2, 0.25) is 0 Å². The molecule has 116 valence electrons. The summed E-state index contributed by atoms with van der Waals surface area (Å²) in [7, 11) is 1.99. The Labute approximate surface area is 126 Å². The third kappa shape index (κ3) is 3.30. The average Bonchev–Trinajstić information content (AvgIpc) is 3.08. The summed E-state index contributed by atoms with van der Waals surface area (Å²) in [6, 6.07) is 0.694. The molecule has 0 N–H and O–H groups in total. The Kier molecular flexibility index (Phi) is 3.73. The molecule has 3 fully saturated rings. The summed E-state index contributed by atoms with van der Waals surface area (Å²) in [6.45, 7) is 6.72. The van der Waals surface area contributed by atoms with E-state index in [1.807, 2.05) is 17.9 Å². The molecule has 3 aliphatic rings. The molecule has 2 saturated heterocycles. The molecule has 0 amide bonds. The summed E-state index contributed by atoms with van der Waals surface area (Å²) >= 11 is 0. The number of rotatable bonds is 5. The zero-order valence-electron chi connectivity index (χ0n) is 12.9. The Hall–Kier alpha value is -0.910. The van der Waals surface area contributed by atoms with E-state index < -0.39 is 0 Å². The van der Waals surface area contributed by atoms with Gasteiger partial charge in [0.15, 0.2) is 0 Å². The minimum Gasteiger partial charge on any atom is -0.377 e. The fourth-order valence-electron chi connectivity index (χ4n) is 3.69. The molecule has 1 aliphatic carbocycles.